The summed E-state index contributed by atoms with van der Waals surface area (Å²) in [5, 5.41) is 10.4. The molecule has 1 aromatic heterocycles. The Morgan fingerprint density at radius 3 is 2.60 bits per heavy atom. The summed E-state index contributed by atoms with van der Waals surface area (Å²) in [6.45, 7) is 3.29. The number of hydrogen-bond acceptors (Lipinski definition) is 5. The molecule has 0 aliphatic rings. The normalized spacial score (nSPS) is 10.8. The van der Waals surface area contributed by atoms with Crippen LogP contribution in [0.25, 0.3) is 11.5 Å². The van der Waals surface area contributed by atoms with Crippen molar-refractivity contribution in [3.8, 4) is 11.5 Å². The smallest absolute Gasteiger partial charge is 0.308 e. The second-order valence-electron chi connectivity index (χ2n) is 4.84. The van der Waals surface area contributed by atoms with Crippen molar-refractivity contribution in [1.29, 1.82) is 0 Å². The maximum atomic E-state index is 11.8. The predicted octanol–water partition coefficient (Wildman–Crippen LogP) is 1.34. The Labute approximate surface area is 117 Å². The van der Waals surface area contributed by atoms with E-state index in [1.165, 1.54) is 0 Å². The molecule has 1 N–H and O–H groups in total. The van der Waals surface area contributed by atoms with Gasteiger partial charge in [0.2, 0.25) is 5.89 Å². The van der Waals surface area contributed by atoms with E-state index >= 15 is 0 Å². The summed E-state index contributed by atoms with van der Waals surface area (Å²) in [5.41, 5.74) is 1.95. The Kier molecular flexibility index (Phi) is 4.47. The van der Waals surface area contributed by atoms with Crippen molar-refractivity contribution >= 4 is 5.91 Å². The van der Waals surface area contributed by atoms with Gasteiger partial charge in [-0.1, -0.05) is 17.7 Å². The molecule has 0 unspecified atom stereocenters. The molecule has 2 aromatic rings. The zero-order valence-corrected chi connectivity index (χ0v) is 11.9. The van der Waals surface area contributed by atoms with Crippen LogP contribution in [0.3, 0.4) is 0 Å². The van der Waals surface area contributed by atoms with Crippen molar-refractivity contribution in [2.24, 2.45) is 0 Å². The SMILES string of the molecule is Cc1ccc(-c2nnc(C(=O)NCCN(C)C)o2)cc1. The molecule has 0 aliphatic heterocycles. The number of hydrogen-bond donors (Lipinski definition) is 1. The van der Waals surface area contributed by atoms with E-state index < -0.39 is 0 Å². The first-order valence-electron chi connectivity index (χ1n) is 6.40. The summed E-state index contributed by atoms with van der Waals surface area (Å²) in [4.78, 5) is 13.8. The minimum atomic E-state index is -0.349. The van der Waals surface area contributed by atoms with Gasteiger partial charge in [-0.05, 0) is 33.2 Å². The largest absolute Gasteiger partial charge is 0.412 e. The lowest BCUT2D eigenvalue weighted by atomic mass is 10.1. The molecule has 1 amide bonds. The van der Waals surface area contributed by atoms with Crippen molar-refractivity contribution in [3.63, 3.8) is 0 Å². The number of rotatable bonds is 5. The van der Waals surface area contributed by atoms with Crippen LogP contribution in [0, 0.1) is 6.92 Å². The van der Waals surface area contributed by atoms with Gasteiger partial charge < -0.3 is 14.6 Å². The van der Waals surface area contributed by atoms with E-state index in [2.05, 4.69) is 15.5 Å². The fourth-order valence-corrected chi connectivity index (χ4v) is 1.60. The minimum Gasteiger partial charge on any atom is -0.412 e. The summed E-state index contributed by atoms with van der Waals surface area (Å²) in [6, 6.07) is 7.68. The van der Waals surface area contributed by atoms with Gasteiger partial charge in [-0.2, -0.15) is 0 Å². The van der Waals surface area contributed by atoms with Gasteiger partial charge in [0.05, 0.1) is 0 Å². The summed E-state index contributed by atoms with van der Waals surface area (Å²) in [7, 11) is 3.88. The molecule has 0 aliphatic carbocycles. The van der Waals surface area contributed by atoms with E-state index in [1.54, 1.807) is 0 Å². The van der Waals surface area contributed by atoms with Crippen LogP contribution < -0.4 is 5.32 Å². The Morgan fingerprint density at radius 1 is 1.25 bits per heavy atom. The molecule has 0 saturated carbocycles. The Morgan fingerprint density at radius 2 is 1.95 bits per heavy atom. The number of amides is 1. The monoisotopic (exact) mass is 274 g/mol. The van der Waals surface area contributed by atoms with Crippen molar-refractivity contribution in [2.45, 2.75) is 6.92 Å². The average molecular weight is 274 g/mol. The van der Waals surface area contributed by atoms with Gasteiger partial charge in [0.15, 0.2) is 0 Å². The van der Waals surface area contributed by atoms with E-state index in [1.807, 2.05) is 50.2 Å². The number of nitrogens with zero attached hydrogens (tertiary/aromatic N) is 3. The zero-order valence-electron chi connectivity index (χ0n) is 11.9. The topological polar surface area (TPSA) is 71.3 Å². The molecule has 1 heterocycles. The predicted molar refractivity (Wildman–Crippen MR) is 75.4 cm³/mol. The lowest BCUT2D eigenvalue weighted by molar-refractivity contribution is 0.0917. The third-order valence-electron chi connectivity index (χ3n) is 2.76. The molecular weight excluding hydrogens is 256 g/mol. The first-order valence-corrected chi connectivity index (χ1v) is 6.40. The van der Waals surface area contributed by atoms with Crippen LogP contribution in [0.4, 0.5) is 0 Å². The first kappa shape index (κ1) is 14.2. The number of aryl methyl sites for hydroxylation is 1. The van der Waals surface area contributed by atoms with Crippen LogP contribution in [-0.2, 0) is 0 Å². The van der Waals surface area contributed by atoms with E-state index in [-0.39, 0.29) is 11.8 Å². The van der Waals surface area contributed by atoms with Crippen molar-refractivity contribution in [2.75, 3.05) is 27.2 Å². The van der Waals surface area contributed by atoms with Gasteiger partial charge in [-0.15, -0.1) is 10.2 Å². The lowest BCUT2D eigenvalue weighted by Crippen LogP contribution is -2.31. The van der Waals surface area contributed by atoms with Crippen LogP contribution in [0.1, 0.15) is 16.2 Å². The molecule has 1 aromatic carbocycles. The third-order valence-corrected chi connectivity index (χ3v) is 2.76. The number of nitrogens with one attached hydrogen (secondary N) is 1. The molecule has 106 valence electrons. The fourth-order valence-electron chi connectivity index (χ4n) is 1.60. The zero-order chi connectivity index (χ0) is 14.5. The van der Waals surface area contributed by atoms with E-state index in [9.17, 15) is 4.79 Å². The second kappa shape index (κ2) is 6.29. The molecule has 20 heavy (non-hydrogen) atoms. The van der Waals surface area contributed by atoms with Gasteiger partial charge in [-0.25, -0.2) is 0 Å². The number of aromatic nitrogens is 2. The summed E-state index contributed by atoms with van der Waals surface area (Å²) in [5.74, 6) is -0.0141. The Hall–Kier alpha value is -2.21. The summed E-state index contributed by atoms with van der Waals surface area (Å²) >= 11 is 0. The quantitative estimate of drug-likeness (QED) is 0.890. The summed E-state index contributed by atoms with van der Waals surface area (Å²) in [6.07, 6.45) is 0. The van der Waals surface area contributed by atoms with E-state index in [4.69, 9.17) is 4.42 Å². The standard InChI is InChI=1S/C14H18N4O2/c1-10-4-6-11(7-5-10)13-16-17-14(20-13)12(19)15-8-9-18(2)3/h4-7H,8-9H2,1-3H3,(H,15,19). The molecule has 0 saturated heterocycles. The molecule has 0 fully saturated rings. The highest BCUT2D eigenvalue weighted by atomic mass is 16.4. The number of carbonyl (C=O) groups is 1. The maximum Gasteiger partial charge on any atom is 0.308 e. The summed E-state index contributed by atoms with van der Waals surface area (Å²) < 4.78 is 5.38. The van der Waals surface area contributed by atoms with Gasteiger partial charge in [0, 0.05) is 18.7 Å². The highest BCUT2D eigenvalue weighted by Crippen LogP contribution is 2.17. The maximum absolute atomic E-state index is 11.8. The Bertz CT molecular complexity index is 575. The van der Waals surface area contributed by atoms with Crippen LogP contribution in [0.15, 0.2) is 28.7 Å². The first-order chi connectivity index (χ1) is 9.56. The van der Waals surface area contributed by atoms with Gasteiger partial charge in [-0.3, -0.25) is 4.79 Å². The van der Waals surface area contributed by atoms with Gasteiger partial charge >= 0.3 is 11.8 Å². The molecule has 0 radical (unpaired) electrons. The molecule has 6 heteroatoms. The van der Waals surface area contributed by atoms with Crippen LogP contribution in [0.5, 0.6) is 0 Å². The van der Waals surface area contributed by atoms with E-state index in [0.717, 1.165) is 17.7 Å². The molecule has 0 spiro atoms. The fraction of sp³-hybridized carbons (Fsp3) is 0.357. The molecular formula is C14H18N4O2. The van der Waals surface area contributed by atoms with Gasteiger partial charge in [0.1, 0.15) is 0 Å². The van der Waals surface area contributed by atoms with Crippen LogP contribution >= 0.6 is 0 Å². The highest BCUT2D eigenvalue weighted by molar-refractivity contribution is 5.89. The van der Waals surface area contributed by atoms with Crippen LogP contribution in [-0.4, -0.2) is 48.2 Å². The third kappa shape index (κ3) is 3.64. The van der Waals surface area contributed by atoms with Crippen molar-refractivity contribution < 1.29 is 9.21 Å². The molecule has 0 bridgehead atoms. The van der Waals surface area contributed by atoms with E-state index in [0.29, 0.717) is 12.4 Å². The number of carbonyl (C=O) groups excluding carboxylic acids is 1. The second-order valence-corrected chi connectivity index (χ2v) is 4.84. The average Bonchev–Trinajstić information content (AvgIpc) is 2.88. The molecule has 2 rings (SSSR count). The number of likely N-dealkylation sites (N-methyl/N-ethyl adjacent to an activating group) is 1. The minimum absolute atomic E-state index is 0.0145. The van der Waals surface area contributed by atoms with Crippen LogP contribution in [0.2, 0.25) is 0 Å². The Balaban J connectivity index is 2.01. The van der Waals surface area contributed by atoms with Gasteiger partial charge in [0.25, 0.3) is 0 Å². The van der Waals surface area contributed by atoms with Crippen molar-refractivity contribution in [3.05, 3.63) is 35.7 Å². The highest BCUT2D eigenvalue weighted by Gasteiger charge is 2.15. The molecule has 0 atom stereocenters. The van der Waals surface area contributed by atoms with Crippen molar-refractivity contribution in [1.82, 2.24) is 20.4 Å². The lowest BCUT2D eigenvalue weighted by Gasteiger charge is -2.08. The number of benzene rings is 1. The molecule has 6 nitrogen and oxygen atoms in total.